The van der Waals surface area contributed by atoms with Crippen LogP contribution in [0.3, 0.4) is 0 Å². The second kappa shape index (κ2) is 8.63. The van der Waals surface area contributed by atoms with E-state index in [0.717, 1.165) is 5.56 Å². The molecule has 0 aliphatic carbocycles. The molecule has 112 valence electrons. The highest BCUT2D eigenvalue weighted by molar-refractivity contribution is 5.96. The highest BCUT2D eigenvalue weighted by Crippen LogP contribution is 2.01. The molecule has 0 fully saturated rings. The number of pyridine rings is 1. The zero-order valence-corrected chi connectivity index (χ0v) is 12.0. The summed E-state index contributed by atoms with van der Waals surface area (Å²) in [6.45, 7) is 1.52. The number of hydrogen-bond acceptors (Lipinski definition) is 5. The number of carbonyl (C=O) groups excluding carboxylic acids is 3. The molecule has 1 amide bonds. The Morgan fingerprint density at radius 1 is 1.38 bits per heavy atom. The number of rotatable bonds is 7. The molecule has 0 aromatic carbocycles. The minimum Gasteiger partial charge on any atom is -0.467 e. The summed E-state index contributed by atoms with van der Waals surface area (Å²) in [6, 6.07) is 2.87. The van der Waals surface area contributed by atoms with Crippen LogP contribution in [0, 0.1) is 0 Å². The van der Waals surface area contributed by atoms with Crippen LogP contribution in [0.5, 0.6) is 0 Å². The lowest BCUT2D eigenvalue weighted by Gasteiger charge is -2.10. The van der Waals surface area contributed by atoms with Gasteiger partial charge in [-0.15, -0.1) is 0 Å². The van der Waals surface area contributed by atoms with Gasteiger partial charge in [0.05, 0.1) is 7.11 Å². The Morgan fingerprint density at radius 2 is 2.14 bits per heavy atom. The van der Waals surface area contributed by atoms with Gasteiger partial charge < -0.3 is 10.1 Å². The maximum Gasteiger partial charge on any atom is 0.328 e. The van der Waals surface area contributed by atoms with Gasteiger partial charge in [0, 0.05) is 25.2 Å². The molecule has 0 unspecified atom stereocenters. The van der Waals surface area contributed by atoms with E-state index in [2.05, 4.69) is 15.0 Å². The topological polar surface area (TPSA) is 85.4 Å². The van der Waals surface area contributed by atoms with Crippen LogP contribution in [-0.4, -0.2) is 35.8 Å². The lowest BCUT2D eigenvalue weighted by Crippen LogP contribution is -2.39. The highest BCUT2D eigenvalue weighted by atomic mass is 16.5. The van der Waals surface area contributed by atoms with E-state index in [0.29, 0.717) is 0 Å². The van der Waals surface area contributed by atoms with Crippen molar-refractivity contribution in [3.05, 3.63) is 36.2 Å². The first-order valence-electron chi connectivity index (χ1n) is 6.51. The van der Waals surface area contributed by atoms with Crippen molar-refractivity contribution in [1.82, 2.24) is 10.3 Å². The first-order valence-corrected chi connectivity index (χ1v) is 6.51. The molecule has 0 aliphatic rings. The Kier molecular flexibility index (Phi) is 6.80. The third-order valence-electron chi connectivity index (χ3n) is 2.68. The van der Waals surface area contributed by atoms with Crippen LogP contribution in [0.15, 0.2) is 30.6 Å². The van der Waals surface area contributed by atoms with Crippen LogP contribution in [0.2, 0.25) is 0 Å². The number of hydrogen-bond donors (Lipinski definition) is 1. The van der Waals surface area contributed by atoms with Gasteiger partial charge in [0.1, 0.15) is 6.04 Å². The van der Waals surface area contributed by atoms with Gasteiger partial charge in [-0.3, -0.25) is 14.6 Å². The van der Waals surface area contributed by atoms with Crippen molar-refractivity contribution in [2.75, 3.05) is 7.11 Å². The molecule has 1 rings (SSSR count). The number of ether oxygens (including phenoxy) is 1. The highest BCUT2D eigenvalue weighted by Gasteiger charge is 2.15. The Bertz CT molecular complexity index is 526. The molecule has 1 heterocycles. The third kappa shape index (κ3) is 6.47. The van der Waals surface area contributed by atoms with Crippen molar-refractivity contribution in [1.29, 1.82) is 0 Å². The number of nitrogens with one attached hydrogen (secondary N) is 1. The van der Waals surface area contributed by atoms with E-state index in [1.54, 1.807) is 24.5 Å². The Labute approximate surface area is 123 Å². The van der Waals surface area contributed by atoms with Crippen LogP contribution >= 0.6 is 0 Å². The van der Waals surface area contributed by atoms with Crippen molar-refractivity contribution < 1.29 is 19.1 Å². The maximum atomic E-state index is 11.6. The minimum atomic E-state index is -0.719. The predicted molar refractivity (Wildman–Crippen MR) is 77.1 cm³/mol. The minimum absolute atomic E-state index is 0.0253. The lowest BCUT2D eigenvalue weighted by atomic mass is 10.1. The van der Waals surface area contributed by atoms with Gasteiger partial charge in [0.25, 0.3) is 0 Å². The van der Waals surface area contributed by atoms with Gasteiger partial charge in [-0.05, 0) is 30.7 Å². The number of esters is 1. The summed E-state index contributed by atoms with van der Waals surface area (Å²) >= 11 is 0. The van der Waals surface area contributed by atoms with Gasteiger partial charge >= 0.3 is 5.97 Å². The summed E-state index contributed by atoms with van der Waals surface area (Å²) in [4.78, 5) is 38.2. The number of amides is 1. The average molecular weight is 290 g/mol. The number of methoxy groups -OCH3 is 1. The van der Waals surface area contributed by atoms with Gasteiger partial charge in [-0.1, -0.05) is 6.07 Å². The van der Waals surface area contributed by atoms with Crippen LogP contribution in [0.25, 0.3) is 6.08 Å². The lowest BCUT2D eigenvalue weighted by molar-refractivity contribution is -0.144. The predicted octanol–water partition coefficient (Wildman–Crippen LogP) is 1.12. The summed E-state index contributed by atoms with van der Waals surface area (Å²) in [7, 11) is 1.25. The zero-order valence-electron chi connectivity index (χ0n) is 12.0. The van der Waals surface area contributed by atoms with E-state index in [-0.39, 0.29) is 24.5 Å². The summed E-state index contributed by atoms with van der Waals surface area (Å²) in [5.41, 5.74) is 0.814. The summed E-state index contributed by atoms with van der Waals surface area (Å²) in [5, 5.41) is 2.46. The van der Waals surface area contributed by atoms with Crippen LogP contribution in [0.4, 0.5) is 0 Å². The van der Waals surface area contributed by atoms with Crippen molar-refractivity contribution in [3.8, 4) is 0 Å². The van der Waals surface area contributed by atoms with E-state index in [1.165, 1.54) is 20.1 Å². The molecule has 0 aliphatic heterocycles. The number of nitrogens with zero attached hydrogens (tertiary/aromatic N) is 1. The average Bonchev–Trinajstić information content (AvgIpc) is 2.51. The summed E-state index contributed by atoms with van der Waals surface area (Å²) in [5.74, 6) is -1.05. The van der Waals surface area contributed by atoms with Crippen molar-refractivity contribution in [3.63, 3.8) is 0 Å². The first-order chi connectivity index (χ1) is 10.0. The second-order valence-electron chi connectivity index (χ2n) is 4.40. The fourth-order valence-electron chi connectivity index (χ4n) is 1.53. The van der Waals surface area contributed by atoms with Gasteiger partial charge in [-0.2, -0.15) is 0 Å². The molecule has 6 nitrogen and oxygen atoms in total. The molecule has 0 radical (unpaired) electrons. The van der Waals surface area contributed by atoms with Crippen LogP contribution < -0.4 is 5.32 Å². The molecule has 0 bridgehead atoms. The second-order valence-corrected chi connectivity index (χ2v) is 4.40. The Hall–Kier alpha value is -2.50. The van der Waals surface area contributed by atoms with Crippen LogP contribution in [-0.2, 0) is 19.1 Å². The van der Waals surface area contributed by atoms with Gasteiger partial charge in [-0.25, -0.2) is 4.79 Å². The van der Waals surface area contributed by atoms with Crippen molar-refractivity contribution in [2.24, 2.45) is 0 Å². The van der Waals surface area contributed by atoms with E-state index < -0.39 is 12.0 Å². The molecule has 1 N–H and O–H groups in total. The van der Waals surface area contributed by atoms with Gasteiger partial charge in [0.15, 0.2) is 5.78 Å². The molecular formula is C15H18N2O4. The number of allylic oxidation sites excluding steroid dienone is 1. The molecular weight excluding hydrogens is 272 g/mol. The fraction of sp³-hybridized carbons (Fsp3) is 0.333. The van der Waals surface area contributed by atoms with E-state index in [4.69, 9.17) is 0 Å². The quantitative estimate of drug-likeness (QED) is 0.601. The largest absolute Gasteiger partial charge is 0.467 e. The molecule has 1 aromatic heterocycles. The normalized spacial score (nSPS) is 11.9. The van der Waals surface area contributed by atoms with E-state index in [9.17, 15) is 14.4 Å². The molecule has 6 heteroatoms. The smallest absolute Gasteiger partial charge is 0.328 e. The SMILES string of the molecule is COC(=O)[C@H](C)NC(=O)CCC(=O)/C=C/c1cccnc1. The van der Waals surface area contributed by atoms with E-state index in [1.807, 2.05) is 6.07 Å². The Balaban J connectivity index is 2.34. The number of aromatic nitrogens is 1. The molecule has 1 atom stereocenters. The fourth-order valence-corrected chi connectivity index (χ4v) is 1.53. The molecule has 1 aromatic rings. The number of ketones is 1. The zero-order chi connectivity index (χ0) is 15.7. The van der Waals surface area contributed by atoms with Gasteiger partial charge in [0.2, 0.25) is 5.91 Å². The number of carbonyl (C=O) groups is 3. The van der Waals surface area contributed by atoms with E-state index >= 15 is 0 Å². The monoisotopic (exact) mass is 290 g/mol. The van der Waals surface area contributed by atoms with Crippen molar-refractivity contribution in [2.45, 2.75) is 25.8 Å². The standard InChI is InChI=1S/C15H18N2O4/c1-11(15(20)21-2)17-14(19)8-7-13(18)6-5-12-4-3-9-16-10-12/h3-6,9-11H,7-8H2,1-2H3,(H,17,19)/b6-5+/t11-/m0/s1. The first kappa shape index (κ1) is 16.6. The van der Waals surface area contributed by atoms with Crippen molar-refractivity contribution >= 4 is 23.7 Å². The molecule has 0 saturated heterocycles. The summed E-state index contributed by atoms with van der Waals surface area (Å²) < 4.78 is 4.49. The molecule has 0 spiro atoms. The Morgan fingerprint density at radius 3 is 2.76 bits per heavy atom. The third-order valence-corrected chi connectivity index (χ3v) is 2.68. The van der Waals surface area contributed by atoms with Crippen LogP contribution in [0.1, 0.15) is 25.3 Å². The summed E-state index contributed by atoms with van der Waals surface area (Å²) in [6.07, 6.45) is 6.44. The molecule has 0 saturated carbocycles. The molecule has 21 heavy (non-hydrogen) atoms. The maximum absolute atomic E-state index is 11.6.